The van der Waals surface area contributed by atoms with Crippen molar-refractivity contribution in [2.45, 2.75) is 19.8 Å². The second kappa shape index (κ2) is 6.76. The summed E-state index contributed by atoms with van der Waals surface area (Å²) in [5, 5.41) is 0.320. The number of hydrogen-bond donors (Lipinski definition) is 1. The number of hydrogen-bond acceptors (Lipinski definition) is 4. The van der Waals surface area contributed by atoms with E-state index in [2.05, 4.69) is 32.8 Å². The van der Waals surface area contributed by atoms with Crippen molar-refractivity contribution in [1.29, 1.82) is 0 Å². The maximum atomic E-state index is 11.0. The van der Waals surface area contributed by atoms with Crippen molar-refractivity contribution < 1.29 is 4.79 Å². The predicted octanol–water partition coefficient (Wildman–Crippen LogP) is 1.98. The van der Waals surface area contributed by atoms with Gasteiger partial charge in [-0.25, -0.2) is 9.97 Å². The summed E-state index contributed by atoms with van der Waals surface area (Å²) >= 11 is 9.20. The summed E-state index contributed by atoms with van der Waals surface area (Å²) in [5.41, 5.74) is 5.22. The summed E-state index contributed by atoms with van der Waals surface area (Å²) in [6.45, 7) is 2.89. The Bertz CT molecular complexity index is 402. The second-order valence-electron chi connectivity index (χ2n) is 3.54. The summed E-state index contributed by atoms with van der Waals surface area (Å²) in [5.74, 6) is 0.194. The minimum Gasteiger partial charge on any atom is -0.368 e. The molecule has 1 amide bonds. The van der Waals surface area contributed by atoms with Crippen LogP contribution in [0.5, 0.6) is 0 Å². The number of aromatic nitrogens is 2. The van der Waals surface area contributed by atoms with Crippen LogP contribution in [0.2, 0.25) is 5.15 Å². The molecule has 0 bridgehead atoms. The van der Waals surface area contributed by atoms with Crippen molar-refractivity contribution in [3.8, 4) is 0 Å². The fourth-order valence-corrected chi connectivity index (χ4v) is 1.94. The molecule has 1 aromatic rings. The molecule has 5 nitrogen and oxygen atoms in total. The fourth-order valence-electron chi connectivity index (χ4n) is 1.36. The molecule has 7 heteroatoms. The zero-order valence-electron chi connectivity index (χ0n) is 9.49. The van der Waals surface area contributed by atoms with Crippen molar-refractivity contribution in [1.82, 2.24) is 9.97 Å². The van der Waals surface area contributed by atoms with E-state index in [4.69, 9.17) is 17.3 Å². The van der Waals surface area contributed by atoms with Crippen LogP contribution in [-0.2, 0) is 4.79 Å². The lowest BCUT2D eigenvalue weighted by molar-refractivity contribution is -0.116. The molecular weight excluding hydrogens is 307 g/mol. The first-order chi connectivity index (χ1) is 8.06. The van der Waals surface area contributed by atoms with E-state index in [0.717, 1.165) is 12.8 Å². The van der Waals surface area contributed by atoms with Gasteiger partial charge in [-0.05, 0) is 22.4 Å². The SMILES string of the molecule is CCCCN(CC(N)=O)c1ncnc(Cl)c1Br. The van der Waals surface area contributed by atoms with Crippen molar-refractivity contribution in [2.24, 2.45) is 5.73 Å². The lowest BCUT2D eigenvalue weighted by atomic mass is 10.3. The van der Waals surface area contributed by atoms with Crippen LogP contribution >= 0.6 is 27.5 Å². The topological polar surface area (TPSA) is 72.1 Å². The Morgan fingerprint density at radius 2 is 2.29 bits per heavy atom. The minimum atomic E-state index is -0.400. The zero-order chi connectivity index (χ0) is 12.8. The molecule has 0 saturated carbocycles. The lowest BCUT2D eigenvalue weighted by Gasteiger charge is -2.22. The van der Waals surface area contributed by atoms with Gasteiger partial charge in [-0.15, -0.1) is 0 Å². The highest BCUT2D eigenvalue weighted by Crippen LogP contribution is 2.29. The third-order valence-corrected chi connectivity index (χ3v) is 3.40. The van der Waals surface area contributed by atoms with E-state index in [0.29, 0.717) is 22.0 Å². The molecule has 0 aromatic carbocycles. The Morgan fingerprint density at radius 3 is 2.88 bits per heavy atom. The summed E-state index contributed by atoms with van der Waals surface area (Å²) < 4.78 is 0.582. The molecule has 0 aliphatic heterocycles. The largest absolute Gasteiger partial charge is 0.368 e. The Labute approximate surface area is 113 Å². The molecule has 0 spiro atoms. The van der Waals surface area contributed by atoms with Crippen molar-refractivity contribution in [3.63, 3.8) is 0 Å². The molecule has 1 heterocycles. The second-order valence-corrected chi connectivity index (χ2v) is 4.69. The van der Waals surface area contributed by atoms with E-state index in [-0.39, 0.29) is 6.54 Å². The monoisotopic (exact) mass is 320 g/mol. The van der Waals surface area contributed by atoms with Gasteiger partial charge in [0.25, 0.3) is 0 Å². The molecule has 17 heavy (non-hydrogen) atoms. The minimum absolute atomic E-state index is 0.117. The molecule has 1 rings (SSSR count). The van der Waals surface area contributed by atoms with Crippen LogP contribution in [-0.4, -0.2) is 29.0 Å². The van der Waals surface area contributed by atoms with Gasteiger partial charge in [0.05, 0.1) is 11.0 Å². The van der Waals surface area contributed by atoms with Gasteiger partial charge in [-0.2, -0.15) is 0 Å². The molecule has 0 saturated heterocycles. The van der Waals surface area contributed by atoms with E-state index in [9.17, 15) is 4.79 Å². The van der Waals surface area contributed by atoms with Gasteiger partial charge in [-0.3, -0.25) is 4.79 Å². The number of carbonyl (C=O) groups excluding carboxylic acids is 1. The van der Waals surface area contributed by atoms with E-state index in [1.54, 1.807) is 4.90 Å². The van der Waals surface area contributed by atoms with Crippen molar-refractivity contribution >= 4 is 39.3 Å². The molecule has 0 aliphatic carbocycles. The number of rotatable bonds is 6. The van der Waals surface area contributed by atoms with Gasteiger partial charge in [0.2, 0.25) is 5.91 Å². The molecule has 94 valence electrons. The summed E-state index contributed by atoms with van der Waals surface area (Å²) in [7, 11) is 0. The molecule has 0 radical (unpaired) electrons. The summed E-state index contributed by atoms with van der Waals surface area (Å²) in [6, 6.07) is 0. The maximum Gasteiger partial charge on any atom is 0.236 e. The quantitative estimate of drug-likeness (QED) is 0.813. The van der Waals surface area contributed by atoms with Crippen LogP contribution in [0.15, 0.2) is 10.8 Å². The number of primary amides is 1. The van der Waals surface area contributed by atoms with Crippen molar-refractivity contribution in [2.75, 3.05) is 18.0 Å². The third kappa shape index (κ3) is 4.12. The molecule has 2 N–H and O–H groups in total. The first-order valence-corrected chi connectivity index (χ1v) is 6.42. The highest BCUT2D eigenvalue weighted by Gasteiger charge is 2.15. The molecule has 0 unspecified atom stereocenters. The summed E-state index contributed by atoms with van der Waals surface area (Å²) in [4.78, 5) is 20.8. The standard InChI is InChI=1S/C10H14BrClN4O/c1-2-3-4-16(5-7(13)17)10-8(11)9(12)14-6-15-10/h6H,2-5H2,1H3,(H2,13,17). The molecule has 1 aromatic heterocycles. The number of carbonyl (C=O) groups is 1. The lowest BCUT2D eigenvalue weighted by Crippen LogP contribution is -2.35. The zero-order valence-corrected chi connectivity index (χ0v) is 11.8. The van der Waals surface area contributed by atoms with Gasteiger partial charge >= 0.3 is 0 Å². The van der Waals surface area contributed by atoms with E-state index >= 15 is 0 Å². The first kappa shape index (κ1) is 14.2. The number of amides is 1. The predicted molar refractivity (Wildman–Crippen MR) is 71.1 cm³/mol. The average Bonchev–Trinajstić information content (AvgIpc) is 2.28. The van der Waals surface area contributed by atoms with Crippen LogP contribution in [0.4, 0.5) is 5.82 Å². The van der Waals surface area contributed by atoms with Gasteiger partial charge in [0.15, 0.2) is 0 Å². The highest BCUT2D eigenvalue weighted by molar-refractivity contribution is 9.10. The molecular formula is C10H14BrClN4O. The number of nitrogens with two attached hydrogens (primary N) is 1. The number of unbranched alkanes of at least 4 members (excludes halogenated alkanes) is 1. The average molecular weight is 322 g/mol. The number of halogens is 2. The van der Waals surface area contributed by atoms with Crippen LogP contribution in [0, 0.1) is 0 Å². The smallest absolute Gasteiger partial charge is 0.236 e. The Kier molecular flexibility index (Phi) is 5.64. The normalized spacial score (nSPS) is 10.3. The van der Waals surface area contributed by atoms with E-state index < -0.39 is 5.91 Å². The highest BCUT2D eigenvalue weighted by atomic mass is 79.9. The van der Waals surface area contributed by atoms with E-state index in [1.165, 1.54) is 6.33 Å². The van der Waals surface area contributed by atoms with Gasteiger partial charge in [-0.1, -0.05) is 24.9 Å². The fraction of sp³-hybridized carbons (Fsp3) is 0.500. The van der Waals surface area contributed by atoms with Gasteiger partial charge < -0.3 is 10.6 Å². The molecule has 0 atom stereocenters. The summed E-state index contributed by atoms with van der Waals surface area (Å²) in [6.07, 6.45) is 3.33. The molecule has 0 fully saturated rings. The van der Waals surface area contributed by atoms with Gasteiger partial charge in [0, 0.05) is 6.54 Å². The maximum absolute atomic E-state index is 11.0. The van der Waals surface area contributed by atoms with Crippen LogP contribution in [0.1, 0.15) is 19.8 Å². The third-order valence-electron chi connectivity index (χ3n) is 2.16. The van der Waals surface area contributed by atoms with E-state index in [1.807, 2.05) is 0 Å². The number of anilines is 1. The van der Waals surface area contributed by atoms with Crippen LogP contribution in [0.3, 0.4) is 0 Å². The Morgan fingerprint density at radius 1 is 1.59 bits per heavy atom. The Hall–Kier alpha value is -0.880. The van der Waals surface area contributed by atoms with Crippen LogP contribution in [0.25, 0.3) is 0 Å². The van der Waals surface area contributed by atoms with Crippen molar-refractivity contribution in [3.05, 3.63) is 16.0 Å². The Balaban J connectivity index is 2.94. The first-order valence-electron chi connectivity index (χ1n) is 5.25. The van der Waals surface area contributed by atoms with Gasteiger partial charge in [0.1, 0.15) is 17.3 Å². The molecule has 0 aliphatic rings. The number of nitrogens with zero attached hydrogens (tertiary/aromatic N) is 3. The van der Waals surface area contributed by atoms with Crippen LogP contribution < -0.4 is 10.6 Å².